The van der Waals surface area contributed by atoms with E-state index in [9.17, 15) is 10.1 Å². The van der Waals surface area contributed by atoms with E-state index in [4.69, 9.17) is 4.42 Å². The van der Waals surface area contributed by atoms with Gasteiger partial charge in [-0.2, -0.15) is 0 Å². The zero-order chi connectivity index (χ0) is 10.7. The van der Waals surface area contributed by atoms with Crippen molar-refractivity contribution in [3.05, 3.63) is 40.5 Å². The van der Waals surface area contributed by atoms with Crippen LogP contribution in [0.1, 0.15) is 5.76 Å². The summed E-state index contributed by atoms with van der Waals surface area (Å²) in [5.74, 6) is 0.577. The Morgan fingerprint density at radius 2 is 2.53 bits per heavy atom. The van der Waals surface area contributed by atoms with Gasteiger partial charge in [0, 0.05) is 0 Å². The summed E-state index contributed by atoms with van der Waals surface area (Å²) in [4.78, 5) is 17.6. The number of nitro groups is 1. The fraction of sp³-hybridized carbons (Fsp3) is 0. The summed E-state index contributed by atoms with van der Waals surface area (Å²) in [6, 6.07) is 3.46. The molecular formula is C8H5N3O3S. The van der Waals surface area contributed by atoms with Gasteiger partial charge in [0.25, 0.3) is 0 Å². The second-order valence-electron chi connectivity index (χ2n) is 2.51. The van der Waals surface area contributed by atoms with Crippen LogP contribution < -0.4 is 0 Å². The monoisotopic (exact) mass is 223 g/mol. The number of rotatable bonds is 3. The highest BCUT2D eigenvalue weighted by Gasteiger charge is 2.09. The summed E-state index contributed by atoms with van der Waals surface area (Å²) in [6.07, 6.45) is 4.16. The summed E-state index contributed by atoms with van der Waals surface area (Å²) < 4.78 is 5.00. The van der Waals surface area contributed by atoms with Crippen molar-refractivity contribution >= 4 is 27.7 Å². The topological polar surface area (TPSA) is 81.5 Å². The molecule has 0 spiro atoms. The molecule has 0 amide bonds. The van der Waals surface area contributed by atoms with Gasteiger partial charge in [0.1, 0.15) is 12.0 Å². The van der Waals surface area contributed by atoms with Gasteiger partial charge in [0.2, 0.25) is 5.13 Å². The van der Waals surface area contributed by atoms with Crippen LogP contribution in [-0.4, -0.2) is 16.1 Å². The Morgan fingerprint density at radius 1 is 1.67 bits per heavy atom. The molecule has 0 unspecified atom stereocenters. The van der Waals surface area contributed by atoms with E-state index in [1.54, 1.807) is 12.1 Å². The number of aliphatic imine (C=N–C) groups is 1. The van der Waals surface area contributed by atoms with Crippen molar-refractivity contribution in [1.82, 2.24) is 4.98 Å². The lowest BCUT2D eigenvalue weighted by Crippen LogP contribution is -1.80. The van der Waals surface area contributed by atoms with E-state index in [1.165, 1.54) is 18.7 Å². The van der Waals surface area contributed by atoms with E-state index in [2.05, 4.69) is 9.98 Å². The molecule has 0 saturated carbocycles. The van der Waals surface area contributed by atoms with Crippen molar-refractivity contribution in [3.8, 4) is 0 Å². The lowest BCUT2D eigenvalue weighted by Gasteiger charge is -1.81. The molecule has 0 fully saturated rings. The third-order valence-corrected chi connectivity index (χ3v) is 2.36. The number of nitrogens with zero attached hydrogens (tertiary/aromatic N) is 3. The van der Waals surface area contributed by atoms with Crippen LogP contribution in [0.15, 0.2) is 34.0 Å². The summed E-state index contributed by atoms with van der Waals surface area (Å²) in [7, 11) is 0. The predicted octanol–water partition coefficient (Wildman–Crippen LogP) is 2.39. The van der Waals surface area contributed by atoms with E-state index < -0.39 is 4.92 Å². The van der Waals surface area contributed by atoms with Crippen LogP contribution >= 0.6 is 11.3 Å². The minimum Gasteiger partial charge on any atom is -0.463 e. The van der Waals surface area contributed by atoms with Gasteiger partial charge >= 0.3 is 5.00 Å². The molecule has 15 heavy (non-hydrogen) atoms. The number of thiazole rings is 1. The molecule has 6 nitrogen and oxygen atoms in total. The van der Waals surface area contributed by atoms with Crippen molar-refractivity contribution in [3.63, 3.8) is 0 Å². The van der Waals surface area contributed by atoms with Crippen molar-refractivity contribution in [2.75, 3.05) is 0 Å². The van der Waals surface area contributed by atoms with Gasteiger partial charge in [0.15, 0.2) is 0 Å². The minimum atomic E-state index is -0.496. The summed E-state index contributed by atoms with van der Waals surface area (Å²) in [5.41, 5.74) is 0. The lowest BCUT2D eigenvalue weighted by molar-refractivity contribution is -0.380. The second-order valence-corrected chi connectivity index (χ2v) is 3.50. The molecule has 7 heteroatoms. The van der Waals surface area contributed by atoms with Gasteiger partial charge < -0.3 is 4.42 Å². The average Bonchev–Trinajstić information content (AvgIpc) is 2.86. The molecule has 2 aromatic rings. The van der Waals surface area contributed by atoms with Gasteiger partial charge in [-0.3, -0.25) is 10.1 Å². The Morgan fingerprint density at radius 3 is 3.13 bits per heavy atom. The number of furan rings is 1. The van der Waals surface area contributed by atoms with E-state index in [0.29, 0.717) is 10.9 Å². The van der Waals surface area contributed by atoms with Gasteiger partial charge in [-0.05, 0) is 23.5 Å². The Bertz CT molecular complexity index is 489. The molecule has 0 bridgehead atoms. The maximum atomic E-state index is 10.4. The van der Waals surface area contributed by atoms with E-state index in [-0.39, 0.29) is 5.00 Å². The Hall–Kier alpha value is -2.02. The second kappa shape index (κ2) is 4.01. The standard InChI is InChI=1S/C8H5N3O3S/c12-11(13)7-5-10-8(15-7)9-4-6-2-1-3-14-6/h1-5H/b9-4-. The molecule has 0 aliphatic rings. The molecule has 2 aromatic heterocycles. The van der Waals surface area contributed by atoms with Crippen LogP contribution in [0.2, 0.25) is 0 Å². The van der Waals surface area contributed by atoms with Crippen molar-refractivity contribution in [1.29, 1.82) is 0 Å². The van der Waals surface area contributed by atoms with Gasteiger partial charge in [-0.15, -0.1) is 0 Å². The molecule has 0 N–H and O–H groups in total. The largest absolute Gasteiger partial charge is 0.463 e. The Labute approximate surface area is 88.1 Å². The molecule has 0 radical (unpaired) electrons. The summed E-state index contributed by atoms with van der Waals surface area (Å²) >= 11 is 0.913. The zero-order valence-corrected chi connectivity index (χ0v) is 8.18. The Balaban J connectivity index is 2.14. The van der Waals surface area contributed by atoms with Crippen molar-refractivity contribution in [2.45, 2.75) is 0 Å². The SMILES string of the molecule is O=[N+]([O-])c1cnc(/N=C\c2ccco2)s1. The first-order valence-electron chi connectivity index (χ1n) is 3.93. The molecule has 0 aliphatic heterocycles. The smallest absolute Gasteiger partial charge is 0.345 e. The van der Waals surface area contributed by atoms with Gasteiger partial charge in [-0.1, -0.05) is 0 Å². The molecular weight excluding hydrogens is 218 g/mol. The fourth-order valence-corrected chi connectivity index (χ4v) is 1.46. The molecule has 0 saturated heterocycles. The van der Waals surface area contributed by atoms with Crippen LogP contribution in [0.3, 0.4) is 0 Å². The minimum absolute atomic E-state index is 0.0263. The van der Waals surface area contributed by atoms with Crippen molar-refractivity contribution in [2.24, 2.45) is 4.99 Å². The van der Waals surface area contributed by atoms with Crippen LogP contribution in [0.4, 0.5) is 10.1 Å². The average molecular weight is 223 g/mol. The fourth-order valence-electron chi connectivity index (χ4n) is 0.884. The van der Waals surface area contributed by atoms with E-state index in [1.807, 2.05) is 0 Å². The van der Waals surface area contributed by atoms with Gasteiger partial charge in [0.05, 0.1) is 17.4 Å². The third kappa shape index (κ3) is 2.26. The number of aromatic nitrogens is 1. The predicted molar refractivity (Wildman–Crippen MR) is 54.7 cm³/mol. The van der Waals surface area contributed by atoms with Crippen molar-refractivity contribution < 1.29 is 9.34 Å². The summed E-state index contributed by atoms with van der Waals surface area (Å²) in [5, 5.41) is 10.7. The zero-order valence-electron chi connectivity index (χ0n) is 7.36. The lowest BCUT2D eigenvalue weighted by atomic mass is 10.5. The van der Waals surface area contributed by atoms with Crippen LogP contribution in [-0.2, 0) is 0 Å². The third-order valence-electron chi connectivity index (χ3n) is 1.51. The van der Waals surface area contributed by atoms with E-state index >= 15 is 0 Å². The van der Waals surface area contributed by atoms with Gasteiger partial charge in [-0.25, -0.2) is 9.98 Å². The van der Waals surface area contributed by atoms with Crippen LogP contribution in [0.25, 0.3) is 0 Å². The molecule has 0 atom stereocenters. The Kier molecular flexibility index (Phi) is 2.55. The van der Waals surface area contributed by atoms with Crippen LogP contribution in [0, 0.1) is 10.1 Å². The quantitative estimate of drug-likeness (QED) is 0.454. The highest BCUT2D eigenvalue weighted by molar-refractivity contribution is 7.18. The molecule has 0 aliphatic carbocycles. The van der Waals surface area contributed by atoms with Crippen LogP contribution in [0.5, 0.6) is 0 Å². The maximum absolute atomic E-state index is 10.4. The number of hydrogen-bond acceptors (Lipinski definition) is 6. The molecule has 76 valence electrons. The summed E-state index contributed by atoms with van der Waals surface area (Å²) in [6.45, 7) is 0. The first kappa shape index (κ1) is 9.53. The molecule has 0 aromatic carbocycles. The molecule has 2 heterocycles. The highest BCUT2D eigenvalue weighted by atomic mass is 32.1. The maximum Gasteiger partial charge on any atom is 0.345 e. The normalized spacial score (nSPS) is 10.9. The number of hydrogen-bond donors (Lipinski definition) is 0. The van der Waals surface area contributed by atoms with E-state index in [0.717, 1.165) is 11.3 Å². The highest BCUT2D eigenvalue weighted by Crippen LogP contribution is 2.26. The first-order valence-corrected chi connectivity index (χ1v) is 4.75. The first-order chi connectivity index (χ1) is 7.25. The molecule has 2 rings (SSSR count).